The van der Waals surface area contributed by atoms with Crippen LogP contribution in [0.1, 0.15) is 28.4 Å². The van der Waals surface area contributed by atoms with Gasteiger partial charge in [0.25, 0.3) is 0 Å². The summed E-state index contributed by atoms with van der Waals surface area (Å²) in [7, 11) is 0. The van der Waals surface area contributed by atoms with E-state index in [0.717, 1.165) is 12.0 Å². The lowest BCUT2D eigenvalue weighted by Crippen LogP contribution is -2.08. The number of hydrogen-bond donors (Lipinski definition) is 0. The Balaban J connectivity index is 2.09. The van der Waals surface area contributed by atoms with E-state index in [1.54, 1.807) is 24.3 Å². The molecule has 18 heavy (non-hydrogen) atoms. The van der Waals surface area contributed by atoms with E-state index >= 15 is 0 Å². The van der Waals surface area contributed by atoms with Crippen molar-refractivity contribution in [1.82, 2.24) is 0 Å². The molecule has 2 nitrogen and oxygen atoms in total. The van der Waals surface area contributed by atoms with Crippen molar-refractivity contribution in [1.29, 1.82) is 0 Å². The van der Waals surface area contributed by atoms with Gasteiger partial charge in [-0.05, 0) is 43.2 Å². The number of rotatable bonds is 3. The van der Waals surface area contributed by atoms with Gasteiger partial charge in [0.05, 0.1) is 5.56 Å². The molecule has 0 unspecified atom stereocenters. The van der Waals surface area contributed by atoms with Crippen LogP contribution in [0.3, 0.4) is 0 Å². The molecule has 92 valence electrons. The molecule has 0 aromatic heterocycles. The molecule has 2 heteroatoms. The van der Waals surface area contributed by atoms with Crippen molar-refractivity contribution in [3.8, 4) is 5.75 Å². The van der Waals surface area contributed by atoms with E-state index in [4.69, 9.17) is 4.74 Å². The number of carbonyl (C=O) groups excluding carboxylic acids is 1. The van der Waals surface area contributed by atoms with Gasteiger partial charge in [-0.15, -0.1) is 0 Å². The summed E-state index contributed by atoms with van der Waals surface area (Å²) in [6.45, 7) is 4.08. The molecular formula is C16H16O2. The first kappa shape index (κ1) is 12.4. The quantitative estimate of drug-likeness (QED) is 0.603. The van der Waals surface area contributed by atoms with E-state index in [2.05, 4.69) is 6.92 Å². The van der Waals surface area contributed by atoms with Gasteiger partial charge in [-0.25, -0.2) is 4.79 Å². The number of ether oxygens (including phenoxy) is 1. The Morgan fingerprint density at radius 2 is 1.61 bits per heavy atom. The Hall–Kier alpha value is -2.09. The molecule has 0 aliphatic rings. The summed E-state index contributed by atoms with van der Waals surface area (Å²) < 4.78 is 5.29. The standard InChI is InChI=1S/C16H16O2/c1-3-13-6-8-14(9-7-13)16(17)18-15-10-4-12(2)5-11-15/h4-11H,3H2,1-2H3. The summed E-state index contributed by atoms with van der Waals surface area (Å²) >= 11 is 0. The zero-order chi connectivity index (χ0) is 13.0. The molecule has 0 atom stereocenters. The van der Waals surface area contributed by atoms with Crippen LogP contribution in [0.4, 0.5) is 0 Å². The predicted octanol–water partition coefficient (Wildman–Crippen LogP) is 3.78. The van der Waals surface area contributed by atoms with Gasteiger partial charge in [0.15, 0.2) is 0 Å². The van der Waals surface area contributed by atoms with Gasteiger partial charge in [0.1, 0.15) is 5.75 Å². The molecule has 0 aliphatic heterocycles. The summed E-state index contributed by atoms with van der Waals surface area (Å²) in [5, 5.41) is 0. The lowest BCUT2D eigenvalue weighted by Gasteiger charge is -2.05. The van der Waals surface area contributed by atoms with E-state index in [-0.39, 0.29) is 5.97 Å². The minimum absolute atomic E-state index is 0.318. The van der Waals surface area contributed by atoms with Gasteiger partial charge < -0.3 is 4.74 Å². The molecular weight excluding hydrogens is 224 g/mol. The van der Waals surface area contributed by atoms with Gasteiger partial charge in [0, 0.05) is 0 Å². The maximum absolute atomic E-state index is 11.9. The van der Waals surface area contributed by atoms with Crippen molar-refractivity contribution in [2.24, 2.45) is 0 Å². The largest absolute Gasteiger partial charge is 0.423 e. The number of aryl methyl sites for hydroxylation is 2. The fourth-order valence-corrected chi connectivity index (χ4v) is 1.65. The Morgan fingerprint density at radius 3 is 2.17 bits per heavy atom. The van der Waals surface area contributed by atoms with E-state index < -0.39 is 0 Å². The first-order valence-electron chi connectivity index (χ1n) is 6.07. The maximum Gasteiger partial charge on any atom is 0.343 e. The molecule has 0 saturated heterocycles. The highest BCUT2D eigenvalue weighted by Gasteiger charge is 2.07. The molecule has 2 rings (SSSR count). The monoisotopic (exact) mass is 240 g/mol. The van der Waals surface area contributed by atoms with Crippen molar-refractivity contribution < 1.29 is 9.53 Å². The fourth-order valence-electron chi connectivity index (χ4n) is 1.65. The SMILES string of the molecule is CCc1ccc(C(=O)Oc2ccc(C)cc2)cc1. The third-order valence-electron chi connectivity index (χ3n) is 2.83. The highest BCUT2D eigenvalue weighted by molar-refractivity contribution is 5.91. The molecule has 0 radical (unpaired) electrons. The topological polar surface area (TPSA) is 26.3 Å². The van der Waals surface area contributed by atoms with Crippen LogP contribution in [0.25, 0.3) is 0 Å². The normalized spacial score (nSPS) is 10.1. The fraction of sp³-hybridized carbons (Fsp3) is 0.188. The van der Waals surface area contributed by atoms with Crippen LogP contribution < -0.4 is 4.74 Å². The second-order valence-electron chi connectivity index (χ2n) is 4.25. The second-order valence-corrected chi connectivity index (χ2v) is 4.25. The summed E-state index contributed by atoms with van der Waals surface area (Å²) in [5.41, 5.74) is 2.93. The highest BCUT2D eigenvalue weighted by Crippen LogP contribution is 2.14. The summed E-state index contributed by atoms with van der Waals surface area (Å²) in [4.78, 5) is 11.9. The van der Waals surface area contributed by atoms with Crippen molar-refractivity contribution in [3.63, 3.8) is 0 Å². The van der Waals surface area contributed by atoms with Crippen LogP contribution in [0.15, 0.2) is 48.5 Å². The van der Waals surface area contributed by atoms with Crippen LogP contribution >= 0.6 is 0 Å². The number of benzene rings is 2. The van der Waals surface area contributed by atoms with Crippen LogP contribution in [0.5, 0.6) is 5.75 Å². The molecule has 0 bridgehead atoms. The van der Waals surface area contributed by atoms with Gasteiger partial charge >= 0.3 is 5.97 Å². The van der Waals surface area contributed by atoms with Crippen LogP contribution in [0, 0.1) is 6.92 Å². The van der Waals surface area contributed by atoms with Crippen LogP contribution in [-0.4, -0.2) is 5.97 Å². The van der Waals surface area contributed by atoms with Gasteiger partial charge in [-0.1, -0.05) is 36.8 Å². The molecule has 0 N–H and O–H groups in total. The zero-order valence-corrected chi connectivity index (χ0v) is 10.6. The number of carbonyl (C=O) groups is 1. The van der Waals surface area contributed by atoms with Gasteiger partial charge in [-0.2, -0.15) is 0 Å². The Labute approximate surface area is 107 Å². The highest BCUT2D eigenvalue weighted by atomic mass is 16.5. The third kappa shape index (κ3) is 2.98. The average Bonchev–Trinajstić information content (AvgIpc) is 2.41. The maximum atomic E-state index is 11.9. The van der Waals surface area contributed by atoms with Crippen LogP contribution in [-0.2, 0) is 6.42 Å². The number of esters is 1. The summed E-state index contributed by atoms with van der Waals surface area (Å²) in [6, 6.07) is 14.9. The second kappa shape index (κ2) is 5.50. The molecule has 0 heterocycles. The smallest absolute Gasteiger partial charge is 0.343 e. The molecule has 0 amide bonds. The van der Waals surface area contributed by atoms with Gasteiger partial charge in [-0.3, -0.25) is 0 Å². The molecule has 2 aromatic rings. The molecule has 0 spiro atoms. The lowest BCUT2D eigenvalue weighted by atomic mass is 10.1. The molecule has 0 aliphatic carbocycles. The van der Waals surface area contributed by atoms with E-state index in [0.29, 0.717) is 11.3 Å². The van der Waals surface area contributed by atoms with Crippen molar-refractivity contribution in [2.75, 3.05) is 0 Å². The molecule has 2 aromatic carbocycles. The van der Waals surface area contributed by atoms with Crippen molar-refractivity contribution in [2.45, 2.75) is 20.3 Å². The Bertz CT molecular complexity index is 524. The Kier molecular flexibility index (Phi) is 3.78. The molecule has 0 saturated carbocycles. The molecule has 0 fully saturated rings. The minimum Gasteiger partial charge on any atom is -0.423 e. The minimum atomic E-state index is -0.318. The summed E-state index contributed by atoms with van der Waals surface area (Å²) in [5.74, 6) is 0.256. The van der Waals surface area contributed by atoms with E-state index in [9.17, 15) is 4.79 Å². The van der Waals surface area contributed by atoms with Crippen molar-refractivity contribution in [3.05, 3.63) is 65.2 Å². The first-order valence-corrected chi connectivity index (χ1v) is 6.07. The zero-order valence-electron chi connectivity index (χ0n) is 10.6. The van der Waals surface area contributed by atoms with Crippen LogP contribution in [0.2, 0.25) is 0 Å². The summed E-state index contributed by atoms with van der Waals surface area (Å²) in [6.07, 6.45) is 0.966. The van der Waals surface area contributed by atoms with E-state index in [1.165, 1.54) is 5.56 Å². The van der Waals surface area contributed by atoms with Crippen molar-refractivity contribution >= 4 is 5.97 Å². The Morgan fingerprint density at radius 1 is 1.00 bits per heavy atom. The lowest BCUT2D eigenvalue weighted by molar-refractivity contribution is 0.0734. The third-order valence-corrected chi connectivity index (χ3v) is 2.83. The number of hydrogen-bond acceptors (Lipinski definition) is 2. The average molecular weight is 240 g/mol. The van der Waals surface area contributed by atoms with Gasteiger partial charge in [0.2, 0.25) is 0 Å². The predicted molar refractivity (Wildman–Crippen MR) is 72.0 cm³/mol. The van der Waals surface area contributed by atoms with E-state index in [1.807, 2.05) is 31.2 Å². The first-order chi connectivity index (χ1) is 8.69.